The van der Waals surface area contributed by atoms with E-state index in [1.807, 2.05) is 0 Å². The third-order valence-corrected chi connectivity index (χ3v) is 7.37. The molecular weight excluding hydrogens is 470 g/mol. The Morgan fingerprint density at radius 2 is 1.54 bits per heavy atom. The van der Waals surface area contributed by atoms with Gasteiger partial charge in [0, 0.05) is 4.47 Å². The van der Waals surface area contributed by atoms with Crippen molar-refractivity contribution in [1.82, 2.24) is 0 Å². The summed E-state index contributed by atoms with van der Waals surface area (Å²) in [6, 6.07) is 13.8. The summed E-state index contributed by atoms with van der Waals surface area (Å²) in [7, 11) is 2.21. The maximum absolute atomic E-state index is 3.68. The van der Waals surface area contributed by atoms with E-state index in [2.05, 4.69) is 89.7 Å². The summed E-state index contributed by atoms with van der Waals surface area (Å²) >= 11 is 6.41. The van der Waals surface area contributed by atoms with E-state index in [0.717, 1.165) is 0 Å². The lowest BCUT2D eigenvalue weighted by Gasteiger charge is -2.26. The van der Waals surface area contributed by atoms with E-state index in [-0.39, 0.29) is 3.42 Å². The van der Waals surface area contributed by atoms with Crippen LogP contribution in [0.15, 0.2) is 40.9 Å². The average molecular weight is 495 g/mol. The normalized spacial score (nSPS) is 18.5. The largest absolute Gasteiger partial charge is 0.139 e. The predicted octanol–water partition coefficient (Wildman–Crippen LogP) is 6.12. The summed E-state index contributed by atoms with van der Waals surface area (Å²) in [4.78, 5) is 0. The molecule has 0 N–H and O–H groups in total. The molecule has 3 rings (SSSR count). The van der Waals surface area contributed by atoms with Crippen molar-refractivity contribution in [3.05, 3.63) is 52.0 Å². The first-order chi connectivity index (χ1) is 11.6. The van der Waals surface area contributed by atoms with E-state index in [9.17, 15) is 0 Å². The molecule has 24 heavy (non-hydrogen) atoms. The van der Waals surface area contributed by atoms with Crippen molar-refractivity contribution in [1.29, 1.82) is 0 Å². The number of alkyl halides is 1. The number of rotatable bonds is 7. The average Bonchev–Trinajstić information content (AvgIpc) is 2.80. The van der Waals surface area contributed by atoms with Gasteiger partial charge < -0.3 is 0 Å². The summed E-state index contributed by atoms with van der Waals surface area (Å²) < 4.78 is 1.32. The molecule has 126 valence electrons. The summed E-state index contributed by atoms with van der Waals surface area (Å²) in [5.41, 5.74) is 7.23. The van der Waals surface area contributed by atoms with E-state index in [1.54, 1.807) is 0 Å². The molecule has 0 saturated heterocycles. The number of halogens is 2. The van der Waals surface area contributed by atoms with Gasteiger partial charge in [0.2, 0.25) is 0 Å². The van der Waals surface area contributed by atoms with Crippen LogP contribution in [-0.4, -0.2) is 7.85 Å². The molecule has 0 saturated carbocycles. The number of fused-ring (bicyclic) bond motifs is 3. The predicted molar refractivity (Wildman–Crippen MR) is 121 cm³/mol. The lowest BCUT2D eigenvalue weighted by atomic mass is 9.86. The van der Waals surface area contributed by atoms with Crippen LogP contribution in [0.25, 0.3) is 11.1 Å². The Hall–Kier alpha value is -0.285. The maximum Gasteiger partial charge on any atom is 0.139 e. The number of hydrogen-bond acceptors (Lipinski definition) is 0. The zero-order valence-corrected chi connectivity index (χ0v) is 18.4. The molecule has 3 heteroatoms. The Bertz CT molecular complexity index is 674. The minimum Gasteiger partial charge on any atom is -0.0886 e. The molecule has 1 aliphatic rings. The van der Waals surface area contributed by atoms with E-state index >= 15 is 0 Å². The Labute approximate surface area is 169 Å². The van der Waals surface area contributed by atoms with Crippen molar-refractivity contribution < 1.29 is 0 Å². The number of benzene rings is 2. The van der Waals surface area contributed by atoms with Crippen molar-refractivity contribution in [3.8, 4) is 11.1 Å². The fourth-order valence-electron chi connectivity index (χ4n) is 3.86. The fourth-order valence-corrected chi connectivity index (χ4v) is 5.50. The molecule has 0 radical (unpaired) electrons. The van der Waals surface area contributed by atoms with Gasteiger partial charge in [-0.2, -0.15) is 0 Å². The zero-order chi connectivity index (χ0) is 17.2. The minimum atomic E-state index is 0.128. The molecule has 0 fully saturated rings. The summed E-state index contributed by atoms with van der Waals surface area (Å²) in [6.45, 7) is 2.28. The van der Waals surface area contributed by atoms with Gasteiger partial charge in [-0.25, -0.2) is 0 Å². The molecule has 0 amide bonds. The first-order valence-corrected chi connectivity index (χ1v) is 11.0. The second kappa shape index (κ2) is 7.95. The molecule has 0 heterocycles. The van der Waals surface area contributed by atoms with Crippen LogP contribution in [0.2, 0.25) is 0 Å². The van der Waals surface area contributed by atoms with Crippen LogP contribution >= 0.6 is 38.5 Å². The van der Waals surface area contributed by atoms with Crippen LogP contribution in [0, 0.1) is 0 Å². The Kier molecular flexibility index (Phi) is 6.13. The first-order valence-electron chi connectivity index (χ1n) is 9.16. The molecule has 1 unspecified atom stereocenters. The van der Waals surface area contributed by atoms with Gasteiger partial charge in [-0.3, -0.25) is 0 Å². The van der Waals surface area contributed by atoms with Gasteiger partial charge in [-0.15, -0.1) is 0 Å². The molecule has 2 aromatic carbocycles. The smallest absolute Gasteiger partial charge is 0.0886 e. The van der Waals surface area contributed by atoms with Crippen LogP contribution in [0.1, 0.15) is 63.0 Å². The van der Waals surface area contributed by atoms with Crippen molar-refractivity contribution in [2.24, 2.45) is 0 Å². The monoisotopic (exact) mass is 494 g/mol. The summed E-state index contributed by atoms with van der Waals surface area (Å²) in [5.74, 6) is 0. The highest BCUT2D eigenvalue weighted by Gasteiger charge is 2.40. The lowest BCUT2D eigenvalue weighted by molar-refractivity contribution is 0.563. The highest BCUT2D eigenvalue weighted by atomic mass is 127. The van der Waals surface area contributed by atoms with Crippen LogP contribution in [-0.2, 0) is 3.42 Å². The van der Waals surface area contributed by atoms with Gasteiger partial charge in [-0.05, 0) is 40.8 Å². The Morgan fingerprint density at radius 3 is 2.29 bits per heavy atom. The molecule has 1 aliphatic carbocycles. The van der Waals surface area contributed by atoms with E-state index in [1.165, 1.54) is 77.1 Å². The van der Waals surface area contributed by atoms with Gasteiger partial charge in [0.25, 0.3) is 0 Å². The SMILES string of the molecule is Bc1ccc2c(c1)C(I)(CCCCCCCC)c1cc(Br)ccc1-2. The van der Waals surface area contributed by atoms with Crippen molar-refractivity contribution in [2.45, 2.75) is 55.3 Å². The third-order valence-electron chi connectivity index (χ3n) is 5.18. The molecule has 0 spiro atoms. The fraction of sp³-hybridized carbons (Fsp3) is 0.429. The number of hydrogen-bond donors (Lipinski definition) is 0. The topological polar surface area (TPSA) is 0 Å². The molecule has 0 aromatic heterocycles. The third kappa shape index (κ3) is 3.62. The lowest BCUT2D eigenvalue weighted by Crippen LogP contribution is -2.18. The van der Waals surface area contributed by atoms with E-state index in [0.29, 0.717) is 0 Å². The molecular formula is C21H25BBrI. The van der Waals surface area contributed by atoms with Crippen LogP contribution in [0.5, 0.6) is 0 Å². The molecule has 1 atom stereocenters. The van der Waals surface area contributed by atoms with Gasteiger partial charge in [-0.1, -0.05) is 114 Å². The van der Waals surface area contributed by atoms with Gasteiger partial charge in [0.05, 0.1) is 3.42 Å². The summed E-state index contributed by atoms with van der Waals surface area (Å²) in [6.07, 6.45) is 9.38. The number of unbranched alkanes of at least 4 members (excludes halogenated alkanes) is 5. The van der Waals surface area contributed by atoms with Gasteiger partial charge >= 0.3 is 0 Å². The second-order valence-corrected chi connectivity index (χ2v) is 9.82. The van der Waals surface area contributed by atoms with Crippen LogP contribution in [0.4, 0.5) is 0 Å². The maximum atomic E-state index is 3.68. The quantitative estimate of drug-likeness (QED) is 0.188. The molecule has 0 nitrogen and oxygen atoms in total. The molecule has 0 bridgehead atoms. The Morgan fingerprint density at radius 1 is 0.917 bits per heavy atom. The first kappa shape index (κ1) is 18.5. The van der Waals surface area contributed by atoms with E-state index in [4.69, 9.17) is 0 Å². The molecule has 0 aliphatic heterocycles. The van der Waals surface area contributed by atoms with Crippen molar-refractivity contribution in [2.75, 3.05) is 0 Å². The van der Waals surface area contributed by atoms with Crippen molar-refractivity contribution >= 4 is 51.8 Å². The van der Waals surface area contributed by atoms with Gasteiger partial charge in [0.1, 0.15) is 7.85 Å². The Balaban J connectivity index is 1.86. The zero-order valence-electron chi connectivity index (χ0n) is 14.7. The van der Waals surface area contributed by atoms with Gasteiger partial charge in [0.15, 0.2) is 0 Å². The second-order valence-electron chi connectivity index (χ2n) is 7.06. The van der Waals surface area contributed by atoms with Crippen molar-refractivity contribution in [3.63, 3.8) is 0 Å². The minimum absolute atomic E-state index is 0.128. The highest BCUT2D eigenvalue weighted by Crippen LogP contribution is 2.55. The van der Waals surface area contributed by atoms with E-state index < -0.39 is 0 Å². The van der Waals surface area contributed by atoms with Crippen LogP contribution in [0.3, 0.4) is 0 Å². The highest BCUT2D eigenvalue weighted by molar-refractivity contribution is 14.1. The molecule has 2 aromatic rings. The summed E-state index contributed by atoms with van der Waals surface area (Å²) in [5, 5.41) is 0. The standard InChI is InChI=1S/C21H25BBrI/c1-2-3-4-5-6-7-12-21(24)19-13-15(22)8-10-17(19)18-11-9-16(23)14-20(18)21/h8-11,13-14H,2-7,12,22H2,1H3. The van der Waals surface area contributed by atoms with Crippen LogP contribution < -0.4 is 5.46 Å².